The minimum absolute atomic E-state index is 0.428. The number of carbonyl (C=O) groups is 1. The van der Waals surface area contributed by atoms with E-state index in [2.05, 4.69) is 38.1 Å². The van der Waals surface area contributed by atoms with E-state index in [-0.39, 0.29) is 0 Å². The monoisotopic (exact) mass is 298 g/mol. The molecule has 0 bridgehead atoms. The van der Waals surface area contributed by atoms with Gasteiger partial charge in [-0.1, -0.05) is 68.5 Å². The van der Waals surface area contributed by atoms with Crippen LogP contribution in [-0.2, 0) is 6.42 Å². The molecule has 0 N–H and O–H groups in total. The molecule has 0 saturated carbocycles. The SMILES string of the molecule is CC(C)Cc1ccc(C=Cc2cccc(C(=O)Cl)c2)cc1. The van der Waals surface area contributed by atoms with Crippen molar-refractivity contribution >= 4 is 29.0 Å². The summed E-state index contributed by atoms with van der Waals surface area (Å²) in [7, 11) is 0. The third-order valence-electron chi connectivity index (χ3n) is 3.21. The number of halogens is 1. The van der Waals surface area contributed by atoms with E-state index in [0.29, 0.717) is 11.5 Å². The van der Waals surface area contributed by atoms with E-state index in [1.54, 1.807) is 12.1 Å². The van der Waals surface area contributed by atoms with E-state index in [4.69, 9.17) is 11.6 Å². The van der Waals surface area contributed by atoms with E-state index < -0.39 is 5.24 Å². The van der Waals surface area contributed by atoms with E-state index in [0.717, 1.165) is 17.5 Å². The zero-order valence-electron chi connectivity index (χ0n) is 12.3. The highest BCUT2D eigenvalue weighted by molar-refractivity contribution is 6.67. The van der Waals surface area contributed by atoms with Gasteiger partial charge in [-0.25, -0.2) is 0 Å². The predicted molar refractivity (Wildman–Crippen MR) is 90.5 cm³/mol. The van der Waals surface area contributed by atoms with E-state index in [1.165, 1.54) is 5.56 Å². The molecule has 0 aliphatic carbocycles. The predicted octanol–water partition coefficient (Wildman–Crippen LogP) is 5.43. The summed E-state index contributed by atoms with van der Waals surface area (Å²) in [6.45, 7) is 4.44. The summed E-state index contributed by atoms with van der Waals surface area (Å²) >= 11 is 5.49. The van der Waals surface area contributed by atoms with Crippen LogP contribution in [-0.4, -0.2) is 5.24 Å². The first-order valence-electron chi connectivity index (χ1n) is 7.11. The highest BCUT2D eigenvalue weighted by Crippen LogP contribution is 2.14. The standard InChI is InChI=1S/C19H19ClO/c1-14(2)12-17-10-7-15(8-11-17)6-9-16-4-3-5-18(13-16)19(20)21/h3-11,13-14H,12H2,1-2H3. The van der Waals surface area contributed by atoms with E-state index in [9.17, 15) is 4.79 Å². The second-order valence-corrected chi connectivity index (χ2v) is 5.92. The Labute approximate surface area is 131 Å². The smallest absolute Gasteiger partial charge is 0.252 e. The van der Waals surface area contributed by atoms with Gasteiger partial charge in [-0.2, -0.15) is 0 Å². The summed E-state index contributed by atoms with van der Waals surface area (Å²) in [6, 6.07) is 15.9. The van der Waals surface area contributed by atoms with Gasteiger partial charge in [-0.05, 0) is 46.7 Å². The molecule has 1 nitrogen and oxygen atoms in total. The minimum Gasteiger partial charge on any atom is -0.276 e. The molecule has 0 aromatic heterocycles. The van der Waals surface area contributed by atoms with Crippen molar-refractivity contribution < 1.29 is 4.79 Å². The summed E-state index contributed by atoms with van der Waals surface area (Å²) in [5.41, 5.74) is 3.99. The first kappa shape index (κ1) is 15.5. The Balaban J connectivity index is 2.10. The molecule has 2 rings (SSSR count). The molecule has 0 heterocycles. The molecule has 108 valence electrons. The average Bonchev–Trinajstić information content (AvgIpc) is 2.46. The van der Waals surface area contributed by atoms with Gasteiger partial charge in [0.05, 0.1) is 0 Å². The van der Waals surface area contributed by atoms with Crippen LogP contribution in [0.3, 0.4) is 0 Å². The Morgan fingerprint density at radius 1 is 1.05 bits per heavy atom. The maximum absolute atomic E-state index is 11.1. The minimum atomic E-state index is -0.428. The molecule has 0 aliphatic rings. The van der Waals surface area contributed by atoms with Crippen LogP contribution in [0.15, 0.2) is 48.5 Å². The summed E-state index contributed by atoms with van der Waals surface area (Å²) in [4.78, 5) is 11.1. The number of carbonyl (C=O) groups excluding carboxylic acids is 1. The van der Waals surface area contributed by atoms with Crippen LogP contribution in [0.4, 0.5) is 0 Å². The number of hydrogen-bond donors (Lipinski definition) is 0. The largest absolute Gasteiger partial charge is 0.276 e. The molecule has 0 aliphatic heterocycles. The molecule has 0 fully saturated rings. The van der Waals surface area contributed by atoms with Crippen molar-refractivity contribution in [3.8, 4) is 0 Å². The van der Waals surface area contributed by atoms with Crippen LogP contribution < -0.4 is 0 Å². The fourth-order valence-corrected chi connectivity index (χ4v) is 2.31. The Morgan fingerprint density at radius 2 is 1.71 bits per heavy atom. The molecule has 0 unspecified atom stereocenters. The van der Waals surface area contributed by atoms with Crippen LogP contribution in [0, 0.1) is 5.92 Å². The fourth-order valence-electron chi connectivity index (χ4n) is 2.19. The highest BCUT2D eigenvalue weighted by atomic mass is 35.5. The molecule has 2 aromatic carbocycles. The summed E-state index contributed by atoms with van der Waals surface area (Å²) in [5, 5.41) is -0.428. The molecule has 0 amide bonds. The topological polar surface area (TPSA) is 17.1 Å². The second kappa shape index (κ2) is 7.24. The molecular formula is C19H19ClO. The van der Waals surface area contributed by atoms with Gasteiger partial charge < -0.3 is 0 Å². The molecule has 2 heteroatoms. The first-order valence-corrected chi connectivity index (χ1v) is 7.49. The van der Waals surface area contributed by atoms with Gasteiger partial charge in [0, 0.05) is 5.56 Å². The second-order valence-electron chi connectivity index (χ2n) is 5.57. The number of benzene rings is 2. The van der Waals surface area contributed by atoms with Gasteiger partial charge >= 0.3 is 0 Å². The Morgan fingerprint density at radius 3 is 2.33 bits per heavy atom. The summed E-state index contributed by atoms with van der Waals surface area (Å²) < 4.78 is 0. The van der Waals surface area contributed by atoms with Crippen molar-refractivity contribution in [3.63, 3.8) is 0 Å². The Kier molecular flexibility index (Phi) is 5.35. The molecule has 0 saturated heterocycles. The molecular weight excluding hydrogens is 280 g/mol. The van der Waals surface area contributed by atoms with Crippen LogP contribution in [0.25, 0.3) is 12.2 Å². The molecule has 0 spiro atoms. The van der Waals surface area contributed by atoms with Gasteiger partial charge in [0.2, 0.25) is 0 Å². The highest BCUT2D eigenvalue weighted by Gasteiger charge is 2.00. The van der Waals surface area contributed by atoms with Gasteiger partial charge in [-0.15, -0.1) is 0 Å². The van der Waals surface area contributed by atoms with E-state index in [1.807, 2.05) is 24.3 Å². The lowest BCUT2D eigenvalue weighted by molar-refractivity contribution is 0.108. The third kappa shape index (κ3) is 4.87. The van der Waals surface area contributed by atoms with Crippen molar-refractivity contribution in [2.24, 2.45) is 5.92 Å². The Bertz CT molecular complexity index is 639. The average molecular weight is 299 g/mol. The van der Waals surface area contributed by atoms with Gasteiger partial charge in [-0.3, -0.25) is 4.79 Å². The lowest BCUT2D eigenvalue weighted by atomic mass is 10.0. The lowest BCUT2D eigenvalue weighted by Gasteiger charge is -2.04. The molecule has 21 heavy (non-hydrogen) atoms. The summed E-state index contributed by atoms with van der Waals surface area (Å²) in [6.07, 6.45) is 5.13. The fraction of sp³-hybridized carbons (Fsp3) is 0.211. The van der Waals surface area contributed by atoms with Crippen LogP contribution >= 0.6 is 11.6 Å². The Hall–Kier alpha value is -1.86. The van der Waals surface area contributed by atoms with Crippen molar-refractivity contribution in [3.05, 3.63) is 70.8 Å². The maximum Gasteiger partial charge on any atom is 0.252 e. The van der Waals surface area contributed by atoms with Crippen molar-refractivity contribution in [2.75, 3.05) is 0 Å². The van der Waals surface area contributed by atoms with Gasteiger partial charge in [0.25, 0.3) is 5.24 Å². The molecule has 0 radical (unpaired) electrons. The quantitative estimate of drug-likeness (QED) is 0.531. The number of rotatable bonds is 5. The lowest BCUT2D eigenvalue weighted by Crippen LogP contribution is -1.93. The van der Waals surface area contributed by atoms with E-state index >= 15 is 0 Å². The summed E-state index contributed by atoms with van der Waals surface area (Å²) in [5.74, 6) is 0.669. The van der Waals surface area contributed by atoms with Crippen molar-refractivity contribution in [1.82, 2.24) is 0 Å². The first-order chi connectivity index (χ1) is 10.0. The van der Waals surface area contributed by atoms with Crippen molar-refractivity contribution in [2.45, 2.75) is 20.3 Å². The van der Waals surface area contributed by atoms with Crippen LogP contribution in [0.2, 0.25) is 0 Å². The molecule has 2 aromatic rings. The molecule has 0 atom stereocenters. The van der Waals surface area contributed by atoms with Crippen LogP contribution in [0.1, 0.15) is 40.9 Å². The normalized spacial score (nSPS) is 11.2. The van der Waals surface area contributed by atoms with Crippen molar-refractivity contribution in [1.29, 1.82) is 0 Å². The zero-order chi connectivity index (χ0) is 15.2. The maximum atomic E-state index is 11.1. The van der Waals surface area contributed by atoms with Gasteiger partial charge in [0.15, 0.2) is 0 Å². The number of hydrogen-bond acceptors (Lipinski definition) is 1. The van der Waals surface area contributed by atoms with Gasteiger partial charge in [0.1, 0.15) is 0 Å². The third-order valence-corrected chi connectivity index (χ3v) is 3.42. The zero-order valence-corrected chi connectivity index (χ0v) is 13.1. The van der Waals surface area contributed by atoms with Crippen LogP contribution in [0.5, 0.6) is 0 Å².